The van der Waals surface area contributed by atoms with Crippen LogP contribution in [-0.2, 0) is 11.2 Å². The zero-order chi connectivity index (χ0) is 14.9. The lowest BCUT2D eigenvalue weighted by Crippen LogP contribution is -2.02. The van der Waals surface area contributed by atoms with Gasteiger partial charge in [0.1, 0.15) is 10.8 Å². The third-order valence-electron chi connectivity index (χ3n) is 3.75. The van der Waals surface area contributed by atoms with Crippen LogP contribution in [0, 0.1) is 0 Å². The lowest BCUT2D eigenvalue weighted by Gasteiger charge is -2.00. The van der Waals surface area contributed by atoms with Crippen LogP contribution in [0.1, 0.15) is 63.3 Å². The number of carbonyl (C=O) groups is 1. The Hall–Kier alpha value is -1.22. The van der Waals surface area contributed by atoms with Crippen molar-refractivity contribution in [2.24, 2.45) is 0 Å². The maximum atomic E-state index is 12.0. The Labute approximate surface area is 131 Å². The second-order valence-corrected chi connectivity index (χ2v) is 6.78. The number of rotatable bonds is 10. The maximum Gasteiger partial charge on any atom is 0.139 e. The predicted octanol–water partition coefficient (Wildman–Crippen LogP) is 5.55. The van der Waals surface area contributed by atoms with E-state index in [9.17, 15) is 4.79 Å². The first-order chi connectivity index (χ1) is 10.3. The van der Waals surface area contributed by atoms with E-state index in [1.165, 1.54) is 43.2 Å². The summed E-state index contributed by atoms with van der Waals surface area (Å²) in [5, 5.41) is 0.962. The molecule has 2 aromatic rings. The summed E-state index contributed by atoms with van der Waals surface area (Å²) in [6.07, 6.45) is 10.0. The SMILES string of the molecule is CCCCCCCCCC(=O)Cc1nc2ccccc2s1. The molecule has 0 amide bonds. The fourth-order valence-corrected chi connectivity index (χ4v) is 3.53. The van der Waals surface area contributed by atoms with Crippen LogP contribution in [0.4, 0.5) is 0 Å². The highest BCUT2D eigenvalue weighted by molar-refractivity contribution is 7.18. The molecule has 3 heteroatoms. The van der Waals surface area contributed by atoms with Gasteiger partial charge in [0.2, 0.25) is 0 Å². The van der Waals surface area contributed by atoms with Gasteiger partial charge in [-0.3, -0.25) is 4.79 Å². The lowest BCUT2D eigenvalue weighted by molar-refractivity contribution is -0.118. The Morgan fingerprint density at radius 2 is 1.76 bits per heavy atom. The number of thiazole rings is 1. The highest BCUT2D eigenvalue weighted by Crippen LogP contribution is 2.22. The number of carbonyl (C=O) groups excluding carboxylic acids is 1. The zero-order valence-electron chi connectivity index (χ0n) is 12.9. The van der Waals surface area contributed by atoms with Crippen LogP contribution in [-0.4, -0.2) is 10.8 Å². The Morgan fingerprint density at radius 3 is 2.52 bits per heavy atom. The van der Waals surface area contributed by atoms with E-state index in [0.29, 0.717) is 18.6 Å². The first kappa shape index (κ1) is 16.2. The molecule has 1 aromatic heterocycles. The molecule has 0 aliphatic rings. The first-order valence-corrected chi connectivity index (χ1v) is 8.97. The summed E-state index contributed by atoms with van der Waals surface area (Å²) in [5.74, 6) is 0.336. The van der Waals surface area contributed by atoms with Gasteiger partial charge in [0.15, 0.2) is 0 Å². The Balaban J connectivity index is 1.65. The van der Waals surface area contributed by atoms with Gasteiger partial charge in [-0.05, 0) is 18.6 Å². The summed E-state index contributed by atoms with van der Waals surface area (Å²) in [6, 6.07) is 8.09. The summed E-state index contributed by atoms with van der Waals surface area (Å²) < 4.78 is 1.18. The Bertz CT molecular complexity index is 528. The second kappa shape index (κ2) is 8.93. The van der Waals surface area contributed by atoms with Gasteiger partial charge in [0.25, 0.3) is 0 Å². The molecular formula is C18H25NOS. The van der Waals surface area contributed by atoms with Crippen LogP contribution < -0.4 is 0 Å². The minimum atomic E-state index is 0.336. The highest BCUT2D eigenvalue weighted by atomic mass is 32.1. The number of hydrogen-bond donors (Lipinski definition) is 0. The van der Waals surface area contributed by atoms with Gasteiger partial charge in [-0.2, -0.15) is 0 Å². The molecule has 1 heterocycles. The number of Topliss-reactive ketones (excluding diaryl/α,β-unsaturated/α-hetero) is 1. The van der Waals surface area contributed by atoms with Gasteiger partial charge in [-0.25, -0.2) is 4.98 Å². The summed E-state index contributed by atoms with van der Waals surface area (Å²) in [4.78, 5) is 16.5. The average molecular weight is 303 g/mol. The van der Waals surface area contributed by atoms with Crippen LogP contribution in [0.5, 0.6) is 0 Å². The fourth-order valence-electron chi connectivity index (χ4n) is 2.53. The van der Waals surface area contributed by atoms with Gasteiger partial charge >= 0.3 is 0 Å². The van der Waals surface area contributed by atoms with Gasteiger partial charge in [-0.1, -0.05) is 57.6 Å². The van der Waals surface area contributed by atoms with Crippen molar-refractivity contribution >= 4 is 27.3 Å². The summed E-state index contributed by atoms with van der Waals surface area (Å²) in [5.41, 5.74) is 1.02. The third kappa shape index (κ3) is 5.58. The van der Waals surface area contributed by atoms with Crippen molar-refractivity contribution < 1.29 is 4.79 Å². The van der Waals surface area contributed by atoms with Crippen molar-refractivity contribution in [3.05, 3.63) is 29.3 Å². The number of benzene rings is 1. The molecule has 0 bridgehead atoms. The van der Waals surface area contributed by atoms with Gasteiger partial charge in [-0.15, -0.1) is 11.3 Å². The van der Waals surface area contributed by atoms with Crippen molar-refractivity contribution in [2.75, 3.05) is 0 Å². The van der Waals surface area contributed by atoms with Crippen molar-refractivity contribution in [3.8, 4) is 0 Å². The molecule has 1 aromatic carbocycles. The van der Waals surface area contributed by atoms with Crippen LogP contribution in [0.2, 0.25) is 0 Å². The molecule has 0 atom stereocenters. The van der Waals surface area contributed by atoms with Crippen LogP contribution in [0.3, 0.4) is 0 Å². The normalized spacial score (nSPS) is 11.1. The van der Waals surface area contributed by atoms with E-state index < -0.39 is 0 Å². The van der Waals surface area contributed by atoms with Crippen LogP contribution >= 0.6 is 11.3 Å². The van der Waals surface area contributed by atoms with E-state index >= 15 is 0 Å². The molecule has 0 unspecified atom stereocenters. The number of aromatic nitrogens is 1. The fraction of sp³-hybridized carbons (Fsp3) is 0.556. The molecule has 0 spiro atoms. The van der Waals surface area contributed by atoms with Crippen LogP contribution in [0.25, 0.3) is 10.2 Å². The van der Waals surface area contributed by atoms with Gasteiger partial charge in [0, 0.05) is 6.42 Å². The summed E-state index contributed by atoms with van der Waals surface area (Å²) >= 11 is 1.65. The van der Waals surface area contributed by atoms with E-state index in [0.717, 1.165) is 16.9 Å². The minimum absolute atomic E-state index is 0.336. The minimum Gasteiger partial charge on any atom is -0.299 e. The van der Waals surface area contributed by atoms with E-state index in [1.54, 1.807) is 11.3 Å². The summed E-state index contributed by atoms with van der Waals surface area (Å²) in [7, 11) is 0. The van der Waals surface area contributed by atoms with Crippen molar-refractivity contribution in [2.45, 2.75) is 64.7 Å². The molecule has 0 radical (unpaired) electrons. The van der Waals surface area contributed by atoms with E-state index in [2.05, 4.69) is 18.0 Å². The standard InChI is InChI=1S/C18H25NOS/c1-2-3-4-5-6-7-8-11-15(20)14-18-19-16-12-9-10-13-17(16)21-18/h9-10,12-13H,2-8,11,14H2,1H3. The van der Waals surface area contributed by atoms with E-state index in [-0.39, 0.29) is 0 Å². The third-order valence-corrected chi connectivity index (χ3v) is 4.78. The van der Waals surface area contributed by atoms with Crippen molar-refractivity contribution in [3.63, 3.8) is 0 Å². The molecule has 0 fully saturated rings. The predicted molar refractivity (Wildman–Crippen MR) is 90.9 cm³/mol. The molecule has 0 aliphatic heterocycles. The highest BCUT2D eigenvalue weighted by Gasteiger charge is 2.08. The number of unbranched alkanes of at least 4 members (excludes halogenated alkanes) is 6. The summed E-state index contributed by atoms with van der Waals surface area (Å²) in [6.45, 7) is 2.24. The number of ketones is 1. The molecule has 0 N–H and O–H groups in total. The molecule has 0 aliphatic carbocycles. The van der Waals surface area contributed by atoms with Gasteiger partial charge < -0.3 is 0 Å². The molecular weight excluding hydrogens is 278 g/mol. The molecule has 0 saturated carbocycles. The molecule has 114 valence electrons. The maximum absolute atomic E-state index is 12.0. The quantitative estimate of drug-likeness (QED) is 0.539. The number of fused-ring (bicyclic) bond motifs is 1. The number of nitrogens with zero attached hydrogens (tertiary/aromatic N) is 1. The number of hydrogen-bond acceptors (Lipinski definition) is 3. The average Bonchev–Trinajstić information content (AvgIpc) is 2.88. The largest absolute Gasteiger partial charge is 0.299 e. The van der Waals surface area contributed by atoms with Gasteiger partial charge in [0.05, 0.1) is 16.6 Å². The lowest BCUT2D eigenvalue weighted by atomic mass is 10.1. The van der Waals surface area contributed by atoms with Crippen molar-refractivity contribution in [1.29, 1.82) is 0 Å². The van der Waals surface area contributed by atoms with E-state index in [4.69, 9.17) is 0 Å². The molecule has 2 nitrogen and oxygen atoms in total. The molecule has 0 saturated heterocycles. The van der Waals surface area contributed by atoms with E-state index in [1.807, 2.05) is 18.2 Å². The monoisotopic (exact) mass is 303 g/mol. The zero-order valence-corrected chi connectivity index (χ0v) is 13.8. The smallest absolute Gasteiger partial charge is 0.139 e. The molecule has 2 rings (SSSR count). The first-order valence-electron chi connectivity index (χ1n) is 8.15. The Morgan fingerprint density at radius 1 is 1.05 bits per heavy atom. The Kier molecular flexibility index (Phi) is 6.87. The molecule has 21 heavy (non-hydrogen) atoms. The number of para-hydroxylation sites is 1. The second-order valence-electron chi connectivity index (χ2n) is 5.66. The van der Waals surface area contributed by atoms with Crippen molar-refractivity contribution in [1.82, 2.24) is 4.98 Å². The topological polar surface area (TPSA) is 30.0 Å². The van der Waals surface area contributed by atoms with Crippen LogP contribution in [0.15, 0.2) is 24.3 Å².